The summed E-state index contributed by atoms with van der Waals surface area (Å²) in [5.74, 6) is 3.02. The Kier molecular flexibility index (Phi) is 5.15. The Hall–Kier alpha value is -0.570. The van der Waals surface area contributed by atoms with Crippen molar-refractivity contribution in [2.24, 2.45) is 46.3 Å². The van der Waals surface area contributed by atoms with Crippen LogP contribution in [0, 0.1) is 46.3 Å². The van der Waals surface area contributed by atoms with Gasteiger partial charge in [0.15, 0.2) is 0 Å². The fourth-order valence-corrected chi connectivity index (χ4v) is 8.78. The molecule has 4 aliphatic rings. The number of rotatable bonds is 4. The summed E-state index contributed by atoms with van der Waals surface area (Å²) in [6, 6.07) is 0. The number of carboxylic acids is 1. The maximum atomic E-state index is 11.2. The van der Waals surface area contributed by atoms with E-state index in [1.807, 2.05) is 0 Å². The molecule has 0 heterocycles. The fraction of sp³-hybridized carbons (Fsp3) is 0.958. The van der Waals surface area contributed by atoms with Crippen LogP contribution in [0.2, 0.25) is 0 Å². The molecule has 0 aromatic heterocycles. The van der Waals surface area contributed by atoms with Crippen molar-refractivity contribution in [2.75, 3.05) is 0 Å². The minimum absolute atomic E-state index is 0.108. The predicted molar refractivity (Wildman–Crippen MR) is 107 cm³/mol. The number of carboxylic acid groups (broad SMARTS) is 1. The molecule has 0 unspecified atom stereocenters. The molecule has 4 aliphatic carbocycles. The summed E-state index contributed by atoms with van der Waals surface area (Å²) in [6.45, 7) is 7.33. The lowest BCUT2D eigenvalue weighted by molar-refractivity contribution is -0.164. The Bertz CT molecular complexity index is 574. The van der Waals surface area contributed by atoms with Crippen LogP contribution in [0.1, 0.15) is 91.4 Å². The molecule has 3 nitrogen and oxygen atoms in total. The standard InChI is InChI=1S/C24H40O3/c1-15(7-10-21(26)27)17-8-9-18-22-19(11-13-24(17,18)3)23(2)12-5-4-6-16(23)14-20(22)25/h15-20,22,25H,4-14H2,1-3H3,(H,26,27)/t15-,16-,17+,18-,19-,20+,22+,23-,24+/m0/s1. The molecule has 0 saturated heterocycles. The first-order valence-corrected chi connectivity index (χ1v) is 11.7. The highest BCUT2D eigenvalue weighted by Gasteiger charge is 2.62. The van der Waals surface area contributed by atoms with E-state index in [9.17, 15) is 9.90 Å². The topological polar surface area (TPSA) is 57.5 Å². The van der Waals surface area contributed by atoms with Gasteiger partial charge in [-0.05, 0) is 97.7 Å². The van der Waals surface area contributed by atoms with Crippen LogP contribution in [-0.2, 0) is 4.79 Å². The smallest absolute Gasteiger partial charge is 0.303 e. The van der Waals surface area contributed by atoms with E-state index in [4.69, 9.17) is 5.11 Å². The van der Waals surface area contributed by atoms with E-state index in [0.29, 0.717) is 46.8 Å². The van der Waals surface area contributed by atoms with Gasteiger partial charge in [-0.3, -0.25) is 4.79 Å². The van der Waals surface area contributed by atoms with Crippen molar-refractivity contribution in [1.82, 2.24) is 0 Å². The van der Waals surface area contributed by atoms with E-state index in [1.165, 1.54) is 51.4 Å². The average Bonchev–Trinajstić information content (AvgIpc) is 2.97. The number of aliphatic hydroxyl groups excluding tert-OH is 1. The third-order valence-corrected chi connectivity index (χ3v) is 10.2. The van der Waals surface area contributed by atoms with Crippen LogP contribution < -0.4 is 0 Å². The first-order valence-electron chi connectivity index (χ1n) is 11.7. The van der Waals surface area contributed by atoms with Gasteiger partial charge in [0.05, 0.1) is 6.10 Å². The molecule has 27 heavy (non-hydrogen) atoms. The third kappa shape index (κ3) is 3.07. The number of carbonyl (C=O) groups is 1. The summed E-state index contributed by atoms with van der Waals surface area (Å²) < 4.78 is 0. The highest BCUT2D eigenvalue weighted by molar-refractivity contribution is 5.66. The minimum Gasteiger partial charge on any atom is -0.481 e. The molecule has 0 aromatic rings. The van der Waals surface area contributed by atoms with Gasteiger partial charge in [0.1, 0.15) is 0 Å². The number of aliphatic hydroxyl groups is 1. The van der Waals surface area contributed by atoms with Crippen molar-refractivity contribution >= 4 is 5.97 Å². The van der Waals surface area contributed by atoms with Crippen LogP contribution in [-0.4, -0.2) is 22.3 Å². The van der Waals surface area contributed by atoms with Crippen molar-refractivity contribution < 1.29 is 15.0 Å². The second kappa shape index (κ2) is 7.04. The van der Waals surface area contributed by atoms with Gasteiger partial charge in [-0.2, -0.15) is 0 Å². The zero-order valence-corrected chi connectivity index (χ0v) is 17.6. The third-order valence-electron chi connectivity index (χ3n) is 10.2. The predicted octanol–water partition coefficient (Wildman–Crippen LogP) is 5.51. The van der Waals surface area contributed by atoms with E-state index >= 15 is 0 Å². The summed E-state index contributed by atoms with van der Waals surface area (Å²) in [5, 5.41) is 20.3. The molecule has 0 radical (unpaired) electrons. The summed E-state index contributed by atoms with van der Waals surface area (Å²) in [4.78, 5) is 11.0. The summed E-state index contributed by atoms with van der Waals surface area (Å²) >= 11 is 0. The highest BCUT2D eigenvalue weighted by Crippen LogP contribution is 2.68. The van der Waals surface area contributed by atoms with Crippen molar-refractivity contribution in [3.8, 4) is 0 Å². The number of aliphatic carboxylic acids is 1. The Labute approximate surface area is 165 Å². The van der Waals surface area contributed by atoms with E-state index in [-0.39, 0.29) is 6.10 Å². The van der Waals surface area contributed by atoms with Crippen molar-refractivity contribution in [2.45, 2.75) is 97.5 Å². The van der Waals surface area contributed by atoms with Crippen LogP contribution in [0.15, 0.2) is 0 Å². The Morgan fingerprint density at radius 2 is 1.78 bits per heavy atom. The largest absolute Gasteiger partial charge is 0.481 e. The second-order valence-corrected chi connectivity index (χ2v) is 11.2. The van der Waals surface area contributed by atoms with E-state index in [0.717, 1.165) is 18.8 Å². The van der Waals surface area contributed by atoms with Crippen molar-refractivity contribution in [1.29, 1.82) is 0 Å². The molecule has 9 atom stereocenters. The van der Waals surface area contributed by atoms with Gasteiger partial charge in [-0.1, -0.05) is 33.6 Å². The zero-order valence-electron chi connectivity index (χ0n) is 17.6. The minimum atomic E-state index is -0.663. The van der Waals surface area contributed by atoms with Crippen LogP contribution >= 0.6 is 0 Å². The van der Waals surface area contributed by atoms with Gasteiger partial charge in [-0.15, -0.1) is 0 Å². The molecule has 0 aliphatic heterocycles. The monoisotopic (exact) mass is 376 g/mol. The molecule has 2 N–H and O–H groups in total. The molecular formula is C24H40O3. The van der Waals surface area contributed by atoms with E-state index in [2.05, 4.69) is 20.8 Å². The number of fused-ring (bicyclic) bond motifs is 5. The first kappa shape index (κ1) is 19.7. The lowest BCUT2D eigenvalue weighted by Crippen LogP contribution is -2.57. The molecule has 0 spiro atoms. The maximum absolute atomic E-state index is 11.2. The van der Waals surface area contributed by atoms with Gasteiger partial charge in [-0.25, -0.2) is 0 Å². The molecule has 0 aromatic carbocycles. The van der Waals surface area contributed by atoms with Gasteiger partial charge >= 0.3 is 5.97 Å². The molecular weight excluding hydrogens is 336 g/mol. The Balaban J connectivity index is 1.56. The summed E-state index contributed by atoms with van der Waals surface area (Å²) in [5.41, 5.74) is 0.758. The number of hydrogen-bond donors (Lipinski definition) is 2. The lowest BCUT2D eigenvalue weighted by Gasteiger charge is -2.62. The van der Waals surface area contributed by atoms with Gasteiger partial charge in [0.2, 0.25) is 0 Å². The zero-order chi connectivity index (χ0) is 19.4. The SMILES string of the molecule is C[C@@H](CCC(=O)O)[C@H]1CC[C@H]2[C@H]3[C@H](O)C[C@@H]4CCCC[C@]4(C)[C@H]3CC[C@]12C. The summed E-state index contributed by atoms with van der Waals surface area (Å²) in [7, 11) is 0. The Morgan fingerprint density at radius 3 is 2.52 bits per heavy atom. The summed E-state index contributed by atoms with van der Waals surface area (Å²) in [6.07, 6.45) is 12.5. The highest BCUT2D eigenvalue weighted by atomic mass is 16.4. The molecule has 4 fully saturated rings. The van der Waals surface area contributed by atoms with Gasteiger partial charge < -0.3 is 10.2 Å². The van der Waals surface area contributed by atoms with Crippen LogP contribution in [0.5, 0.6) is 0 Å². The van der Waals surface area contributed by atoms with E-state index in [1.54, 1.807) is 0 Å². The van der Waals surface area contributed by atoms with Crippen molar-refractivity contribution in [3.05, 3.63) is 0 Å². The lowest BCUT2D eigenvalue weighted by atomic mass is 9.44. The molecule has 4 saturated carbocycles. The quantitative estimate of drug-likeness (QED) is 0.680. The molecule has 3 heteroatoms. The van der Waals surface area contributed by atoms with Crippen LogP contribution in [0.4, 0.5) is 0 Å². The van der Waals surface area contributed by atoms with E-state index < -0.39 is 5.97 Å². The first-order chi connectivity index (χ1) is 12.8. The van der Waals surface area contributed by atoms with Crippen LogP contribution in [0.3, 0.4) is 0 Å². The Morgan fingerprint density at radius 1 is 1.04 bits per heavy atom. The molecule has 4 rings (SSSR count). The molecule has 0 amide bonds. The maximum Gasteiger partial charge on any atom is 0.303 e. The van der Waals surface area contributed by atoms with Gasteiger partial charge in [0.25, 0.3) is 0 Å². The normalized spacial score (nSPS) is 50.4. The number of hydrogen-bond acceptors (Lipinski definition) is 2. The fourth-order valence-electron chi connectivity index (χ4n) is 8.78. The second-order valence-electron chi connectivity index (χ2n) is 11.2. The van der Waals surface area contributed by atoms with Crippen molar-refractivity contribution in [3.63, 3.8) is 0 Å². The van der Waals surface area contributed by atoms with Gasteiger partial charge in [0, 0.05) is 6.42 Å². The molecule has 154 valence electrons. The average molecular weight is 377 g/mol. The van der Waals surface area contributed by atoms with Crippen LogP contribution in [0.25, 0.3) is 0 Å². The molecule has 0 bridgehead atoms.